The van der Waals surface area contributed by atoms with Crippen LogP contribution in [-0.4, -0.2) is 35.5 Å². The van der Waals surface area contributed by atoms with Gasteiger partial charge in [0.1, 0.15) is 10.7 Å². The van der Waals surface area contributed by atoms with Crippen LogP contribution in [-0.2, 0) is 10.0 Å². The zero-order valence-electron chi connectivity index (χ0n) is 18.8. The second-order valence-electron chi connectivity index (χ2n) is 8.34. The molecule has 0 bridgehead atoms. The fraction of sp³-hybridized carbons (Fsp3) is 0.292. The molecular weight excluding hydrogens is 472 g/mol. The molecule has 4 rings (SSSR count). The van der Waals surface area contributed by atoms with Crippen LogP contribution in [0.15, 0.2) is 53.7 Å². The Morgan fingerprint density at radius 3 is 2.41 bits per heavy atom. The summed E-state index contributed by atoms with van der Waals surface area (Å²) in [4.78, 5) is 13.2. The number of hydrogen-bond donors (Lipinski definition) is 3. The van der Waals surface area contributed by atoms with Crippen molar-refractivity contribution in [1.82, 2.24) is 15.0 Å². The third-order valence-corrected chi connectivity index (χ3v) is 7.58. The van der Waals surface area contributed by atoms with Gasteiger partial charge in [0.15, 0.2) is 0 Å². The molecule has 0 aliphatic heterocycles. The number of anilines is 2. The van der Waals surface area contributed by atoms with E-state index in [1.165, 1.54) is 12.1 Å². The van der Waals surface area contributed by atoms with Crippen molar-refractivity contribution in [1.29, 1.82) is 0 Å². The first kappa shape index (κ1) is 24.1. The summed E-state index contributed by atoms with van der Waals surface area (Å²) >= 11 is 6.03. The molecule has 0 unspecified atom stereocenters. The molecule has 10 heteroatoms. The third kappa shape index (κ3) is 6.11. The first-order chi connectivity index (χ1) is 16.3. The minimum absolute atomic E-state index is 0.00471. The van der Waals surface area contributed by atoms with Crippen molar-refractivity contribution < 1.29 is 8.42 Å². The SMILES string of the molecule is Cc1nc(NS(=O)(=O)c2ccccc2Cl)ccc1/C=C/c1cnc(NC2CCC(N)CC2)nc1. The predicted molar refractivity (Wildman–Crippen MR) is 136 cm³/mol. The molecule has 1 aliphatic rings. The van der Waals surface area contributed by atoms with E-state index in [2.05, 4.69) is 25.0 Å². The highest BCUT2D eigenvalue weighted by atomic mass is 35.5. The van der Waals surface area contributed by atoms with Crippen LogP contribution in [0.25, 0.3) is 12.2 Å². The molecule has 1 fully saturated rings. The van der Waals surface area contributed by atoms with Crippen LogP contribution in [0.5, 0.6) is 0 Å². The van der Waals surface area contributed by atoms with Crippen molar-refractivity contribution in [2.24, 2.45) is 5.73 Å². The van der Waals surface area contributed by atoms with E-state index in [9.17, 15) is 8.42 Å². The predicted octanol–water partition coefficient (Wildman–Crippen LogP) is 4.49. The van der Waals surface area contributed by atoms with Crippen LogP contribution >= 0.6 is 11.6 Å². The smallest absolute Gasteiger partial charge is 0.264 e. The molecule has 0 spiro atoms. The molecule has 2 heterocycles. The number of hydrogen-bond acceptors (Lipinski definition) is 7. The second-order valence-corrected chi connectivity index (χ2v) is 10.4. The fourth-order valence-electron chi connectivity index (χ4n) is 3.79. The minimum Gasteiger partial charge on any atom is -0.351 e. The summed E-state index contributed by atoms with van der Waals surface area (Å²) in [7, 11) is -3.84. The molecule has 1 aromatic carbocycles. The number of halogens is 1. The molecule has 3 aromatic rings. The standard InChI is InChI=1S/C24H27ClN6O2S/c1-16-18(8-13-23(29-16)31-34(32,33)22-5-3-2-4-21(22)25)7-6-17-14-27-24(28-15-17)30-20-11-9-19(26)10-12-20/h2-8,13-15,19-20H,9-12,26H2,1H3,(H,29,31)(H,27,28,30)/b7-6+. The quantitative estimate of drug-likeness (QED) is 0.438. The largest absolute Gasteiger partial charge is 0.351 e. The highest BCUT2D eigenvalue weighted by Crippen LogP contribution is 2.24. The lowest BCUT2D eigenvalue weighted by Gasteiger charge is -2.26. The number of nitrogens with zero attached hydrogens (tertiary/aromatic N) is 3. The normalized spacial score (nSPS) is 18.7. The molecule has 0 amide bonds. The van der Waals surface area contributed by atoms with Crippen LogP contribution in [0.4, 0.5) is 11.8 Å². The molecule has 0 atom stereocenters. The summed E-state index contributed by atoms with van der Waals surface area (Å²) in [6.07, 6.45) is 11.4. The van der Waals surface area contributed by atoms with Gasteiger partial charge in [-0.3, -0.25) is 4.72 Å². The molecule has 4 N–H and O–H groups in total. The first-order valence-electron chi connectivity index (χ1n) is 11.1. The monoisotopic (exact) mass is 498 g/mol. The Bertz CT molecular complexity index is 1270. The number of pyridine rings is 1. The van der Waals surface area contributed by atoms with Crippen LogP contribution in [0.1, 0.15) is 42.5 Å². The summed E-state index contributed by atoms with van der Waals surface area (Å²) < 4.78 is 27.7. The van der Waals surface area contributed by atoms with Crippen molar-refractivity contribution in [3.8, 4) is 0 Å². The number of aromatic nitrogens is 3. The van der Waals surface area contributed by atoms with Crippen molar-refractivity contribution in [2.45, 2.75) is 49.6 Å². The van der Waals surface area contributed by atoms with Crippen molar-refractivity contribution in [3.05, 3.63) is 70.6 Å². The fourth-order valence-corrected chi connectivity index (χ4v) is 5.31. The average Bonchev–Trinajstić information content (AvgIpc) is 2.81. The molecule has 1 aliphatic carbocycles. The molecule has 8 nitrogen and oxygen atoms in total. The minimum atomic E-state index is -3.84. The Morgan fingerprint density at radius 2 is 1.74 bits per heavy atom. The Morgan fingerprint density at radius 1 is 1.03 bits per heavy atom. The van der Waals surface area contributed by atoms with Crippen molar-refractivity contribution in [3.63, 3.8) is 0 Å². The number of nitrogens with two attached hydrogens (primary N) is 1. The molecule has 0 radical (unpaired) electrons. The molecular formula is C24H27ClN6O2S. The van der Waals surface area contributed by atoms with E-state index < -0.39 is 10.0 Å². The van der Waals surface area contributed by atoms with Gasteiger partial charge in [0.25, 0.3) is 10.0 Å². The molecule has 0 saturated heterocycles. The second kappa shape index (κ2) is 10.5. The summed E-state index contributed by atoms with van der Waals surface area (Å²) in [5, 5.41) is 3.53. The lowest BCUT2D eigenvalue weighted by molar-refractivity contribution is 0.410. The van der Waals surface area contributed by atoms with Gasteiger partial charge in [-0.05, 0) is 62.4 Å². The highest BCUT2D eigenvalue weighted by molar-refractivity contribution is 7.92. The van der Waals surface area contributed by atoms with Crippen molar-refractivity contribution >= 4 is 45.5 Å². The van der Waals surface area contributed by atoms with Crippen LogP contribution in [0.3, 0.4) is 0 Å². The van der Waals surface area contributed by atoms with E-state index in [0.29, 0.717) is 23.7 Å². The Labute approximate surface area is 204 Å². The van der Waals surface area contributed by atoms with Gasteiger partial charge in [-0.1, -0.05) is 35.9 Å². The Hall–Kier alpha value is -3.01. The lowest BCUT2D eigenvalue weighted by atomic mass is 9.92. The van der Waals surface area contributed by atoms with Gasteiger partial charge in [-0.2, -0.15) is 0 Å². The molecule has 1 saturated carbocycles. The van der Waals surface area contributed by atoms with Gasteiger partial charge in [-0.25, -0.2) is 23.4 Å². The van der Waals surface area contributed by atoms with Gasteiger partial charge >= 0.3 is 0 Å². The molecule has 34 heavy (non-hydrogen) atoms. The summed E-state index contributed by atoms with van der Waals surface area (Å²) in [5.74, 6) is 0.836. The van der Waals surface area contributed by atoms with E-state index in [4.69, 9.17) is 17.3 Å². The number of rotatable bonds is 7. The zero-order chi connectivity index (χ0) is 24.1. The van der Waals surface area contributed by atoms with Gasteiger partial charge < -0.3 is 11.1 Å². The number of sulfonamides is 1. The van der Waals surface area contributed by atoms with Crippen LogP contribution < -0.4 is 15.8 Å². The Kier molecular flexibility index (Phi) is 7.45. The van der Waals surface area contributed by atoms with E-state index in [1.807, 2.05) is 19.1 Å². The maximum atomic E-state index is 12.6. The topological polar surface area (TPSA) is 123 Å². The maximum absolute atomic E-state index is 12.6. The van der Waals surface area contributed by atoms with E-state index in [-0.39, 0.29) is 15.7 Å². The average molecular weight is 499 g/mol. The van der Waals surface area contributed by atoms with Gasteiger partial charge in [-0.15, -0.1) is 0 Å². The molecule has 2 aromatic heterocycles. The maximum Gasteiger partial charge on any atom is 0.264 e. The summed E-state index contributed by atoms with van der Waals surface area (Å²) in [6, 6.07) is 10.3. The number of nitrogens with one attached hydrogen (secondary N) is 2. The highest BCUT2D eigenvalue weighted by Gasteiger charge is 2.19. The van der Waals surface area contributed by atoms with Gasteiger partial charge in [0.05, 0.1) is 5.02 Å². The number of aryl methyl sites for hydroxylation is 1. The molecule has 178 valence electrons. The lowest BCUT2D eigenvalue weighted by Crippen LogP contribution is -2.33. The zero-order valence-corrected chi connectivity index (χ0v) is 20.4. The van der Waals surface area contributed by atoms with Crippen LogP contribution in [0.2, 0.25) is 5.02 Å². The third-order valence-electron chi connectivity index (χ3n) is 5.72. The Balaban J connectivity index is 1.39. The van der Waals surface area contributed by atoms with E-state index >= 15 is 0 Å². The van der Waals surface area contributed by atoms with Crippen molar-refractivity contribution in [2.75, 3.05) is 10.0 Å². The first-order valence-corrected chi connectivity index (χ1v) is 12.9. The van der Waals surface area contributed by atoms with Crippen LogP contribution in [0, 0.1) is 6.92 Å². The summed E-state index contributed by atoms with van der Waals surface area (Å²) in [6.45, 7) is 1.81. The van der Waals surface area contributed by atoms with E-state index in [1.54, 1.807) is 36.7 Å². The van der Waals surface area contributed by atoms with Gasteiger partial charge in [0, 0.05) is 35.7 Å². The number of benzene rings is 1. The van der Waals surface area contributed by atoms with Gasteiger partial charge in [0.2, 0.25) is 5.95 Å². The van der Waals surface area contributed by atoms with E-state index in [0.717, 1.165) is 36.8 Å². The summed E-state index contributed by atoms with van der Waals surface area (Å²) in [5.41, 5.74) is 8.33.